The van der Waals surface area contributed by atoms with E-state index in [9.17, 15) is 13.9 Å². The van der Waals surface area contributed by atoms with Gasteiger partial charge in [0.25, 0.3) is 0 Å². The van der Waals surface area contributed by atoms with Crippen LogP contribution in [0.15, 0.2) is 30.3 Å². The average Bonchev–Trinajstić information content (AvgIpc) is 2.42. The van der Waals surface area contributed by atoms with Crippen LogP contribution in [0.1, 0.15) is 31.0 Å². The molecule has 0 amide bonds. The average molecular weight is 279 g/mol. The fourth-order valence-electron chi connectivity index (χ4n) is 1.68. The molecule has 2 rings (SSSR count). The predicted molar refractivity (Wildman–Crippen MR) is 70.7 cm³/mol. The lowest BCUT2D eigenvalue weighted by atomic mass is 10.1. The van der Waals surface area contributed by atoms with E-state index in [1.54, 1.807) is 12.1 Å². The van der Waals surface area contributed by atoms with Gasteiger partial charge in [-0.1, -0.05) is 13.8 Å². The number of aromatic nitrogens is 1. The smallest absolute Gasteiger partial charge is 0.219 e. The molecule has 0 aliphatic rings. The van der Waals surface area contributed by atoms with Crippen LogP contribution in [-0.2, 0) is 6.61 Å². The summed E-state index contributed by atoms with van der Waals surface area (Å²) in [6.45, 7) is 3.78. The van der Waals surface area contributed by atoms with Gasteiger partial charge >= 0.3 is 0 Å². The fraction of sp³-hybridized carbons (Fsp3) is 0.267. The van der Waals surface area contributed by atoms with E-state index in [4.69, 9.17) is 4.74 Å². The van der Waals surface area contributed by atoms with Crippen LogP contribution in [0.3, 0.4) is 0 Å². The molecule has 0 aliphatic heterocycles. The molecule has 0 spiro atoms. The van der Waals surface area contributed by atoms with Gasteiger partial charge in [-0.25, -0.2) is 13.8 Å². The van der Waals surface area contributed by atoms with Gasteiger partial charge in [0, 0.05) is 17.8 Å². The lowest BCUT2D eigenvalue weighted by molar-refractivity contribution is 0.280. The summed E-state index contributed by atoms with van der Waals surface area (Å²) in [6.07, 6.45) is 0. The quantitative estimate of drug-likeness (QED) is 0.926. The third kappa shape index (κ3) is 3.30. The van der Waals surface area contributed by atoms with Crippen LogP contribution in [0, 0.1) is 11.6 Å². The van der Waals surface area contributed by atoms with Crippen LogP contribution in [0.4, 0.5) is 8.78 Å². The first-order valence-corrected chi connectivity index (χ1v) is 6.24. The van der Waals surface area contributed by atoms with Gasteiger partial charge in [0.2, 0.25) is 5.88 Å². The Morgan fingerprint density at radius 1 is 1.15 bits per heavy atom. The van der Waals surface area contributed by atoms with Gasteiger partial charge in [-0.15, -0.1) is 0 Å². The normalized spacial score (nSPS) is 10.9. The maximum Gasteiger partial charge on any atom is 0.219 e. The van der Waals surface area contributed by atoms with Crippen molar-refractivity contribution in [3.8, 4) is 11.6 Å². The second-order valence-electron chi connectivity index (χ2n) is 4.73. The molecule has 0 atom stereocenters. The van der Waals surface area contributed by atoms with E-state index in [1.165, 1.54) is 6.07 Å². The van der Waals surface area contributed by atoms with Crippen LogP contribution in [0.25, 0.3) is 0 Å². The minimum absolute atomic E-state index is 0.142. The molecule has 0 bridgehead atoms. The summed E-state index contributed by atoms with van der Waals surface area (Å²) < 4.78 is 31.4. The summed E-state index contributed by atoms with van der Waals surface area (Å²) in [6, 6.07) is 6.61. The Labute approximate surface area is 115 Å². The van der Waals surface area contributed by atoms with Crippen molar-refractivity contribution in [2.24, 2.45) is 0 Å². The summed E-state index contributed by atoms with van der Waals surface area (Å²) in [7, 11) is 0. The Hall–Kier alpha value is -2.01. The molecular weight excluding hydrogens is 264 g/mol. The van der Waals surface area contributed by atoms with Crippen molar-refractivity contribution in [1.82, 2.24) is 4.98 Å². The molecule has 0 fully saturated rings. The van der Waals surface area contributed by atoms with Crippen LogP contribution in [-0.4, -0.2) is 10.1 Å². The molecule has 0 saturated heterocycles. The Balaban J connectivity index is 2.32. The number of aliphatic hydroxyl groups excluding tert-OH is 1. The predicted octanol–water partition coefficient (Wildman–Crippen LogP) is 3.77. The molecule has 1 aromatic heterocycles. The number of hydrogen-bond acceptors (Lipinski definition) is 3. The highest BCUT2D eigenvalue weighted by molar-refractivity contribution is 5.32. The highest BCUT2D eigenvalue weighted by Crippen LogP contribution is 2.25. The number of pyridine rings is 1. The SMILES string of the molecule is CC(C)c1cc(CO)cc(Oc2ccc(F)c(F)c2)n1. The number of ether oxygens (including phenoxy) is 1. The Morgan fingerprint density at radius 2 is 1.90 bits per heavy atom. The molecule has 1 N–H and O–H groups in total. The van der Waals surface area contributed by atoms with Gasteiger partial charge < -0.3 is 9.84 Å². The van der Waals surface area contributed by atoms with E-state index < -0.39 is 11.6 Å². The molecule has 5 heteroatoms. The van der Waals surface area contributed by atoms with E-state index in [0.717, 1.165) is 17.8 Å². The zero-order valence-electron chi connectivity index (χ0n) is 11.2. The zero-order valence-corrected chi connectivity index (χ0v) is 11.2. The zero-order chi connectivity index (χ0) is 14.7. The van der Waals surface area contributed by atoms with E-state index >= 15 is 0 Å². The second kappa shape index (κ2) is 5.96. The van der Waals surface area contributed by atoms with Crippen LogP contribution in [0.5, 0.6) is 11.6 Å². The van der Waals surface area contributed by atoms with Gasteiger partial charge in [-0.3, -0.25) is 0 Å². The van der Waals surface area contributed by atoms with Crippen LogP contribution in [0.2, 0.25) is 0 Å². The number of nitrogens with zero attached hydrogens (tertiary/aromatic N) is 1. The molecule has 0 unspecified atom stereocenters. The first-order valence-electron chi connectivity index (χ1n) is 6.24. The molecule has 0 radical (unpaired) electrons. The summed E-state index contributed by atoms with van der Waals surface area (Å²) in [5, 5.41) is 9.22. The van der Waals surface area contributed by atoms with Gasteiger partial charge in [0.15, 0.2) is 11.6 Å². The molecule has 106 valence electrons. The van der Waals surface area contributed by atoms with Crippen molar-refractivity contribution in [2.75, 3.05) is 0 Å². The topological polar surface area (TPSA) is 42.4 Å². The van der Waals surface area contributed by atoms with Gasteiger partial charge in [-0.05, 0) is 29.7 Å². The van der Waals surface area contributed by atoms with E-state index in [2.05, 4.69) is 4.98 Å². The molecule has 1 heterocycles. The minimum Gasteiger partial charge on any atom is -0.439 e. The Kier molecular flexibility index (Phi) is 4.29. The number of rotatable bonds is 4. The third-order valence-corrected chi connectivity index (χ3v) is 2.77. The van der Waals surface area contributed by atoms with E-state index in [0.29, 0.717) is 5.56 Å². The Morgan fingerprint density at radius 3 is 2.50 bits per heavy atom. The van der Waals surface area contributed by atoms with Crippen molar-refractivity contribution in [3.63, 3.8) is 0 Å². The van der Waals surface area contributed by atoms with E-state index in [-0.39, 0.29) is 24.2 Å². The summed E-state index contributed by atoms with van der Waals surface area (Å²) in [5.41, 5.74) is 1.41. The highest BCUT2D eigenvalue weighted by atomic mass is 19.2. The second-order valence-corrected chi connectivity index (χ2v) is 4.73. The van der Waals surface area contributed by atoms with Crippen molar-refractivity contribution in [3.05, 3.63) is 53.2 Å². The van der Waals surface area contributed by atoms with Gasteiger partial charge in [0.1, 0.15) is 5.75 Å². The molecular formula is C15H15F2NO2. The number of benzene rings is 1. The molecule has 0 saturated carbocycles. The first-order chi connectivity index (χ1) is 9.49. The maximum absolute atomic E-state index is 13.1. The fourth-order valence-corrected chi connectivity index (χ4v) is 1.68. The standard InChI is InChI=1S/C15H15F2NO2/c1-9(2)14-5-10(8-19)6-15(18-14)20-11-3-4-12(16)13(17)7-11/h3-7,9,19H,8H2,1-2H3. The lowest BCUT2D eigenvalue weighted by Gasteiger charge is -2.11. The van der Waals surface area contributed by atoms with Crippen molar-refractivity contribution >= 4 is 0 Å². The maximum atomic E-state index is 13.1. The number of halogens is 2. The minimum atomic E-state index is -0.982. The van der Waals surface area contributed by atoms with Crippen molar-refractivity contribution in [1.29, 1.82) is 0 Å². The largest absolute Gasteiger partial charge is 0.439 e. The number of aliphatic hydroxyl groups is 1. The van der Waals surface area contributed by atoms with Crippen molar-refractivity contribution < 1.29 is 18.6 Å². The molecule has 1 aromatic carbocycles. The van der Waals surface area contributed by atoms with Crippen molar-refractivity contribution in [2.45, 2.75) is 26.4 Å². The monoisotopic (exact) mass is 279 g/mol. The summed E-state index contributed by atoms with van der Waals surface area (Å²) in [4.78, 5) is 4.28. The van der Waals surface area contributed by atoms with Crippen LogP contribution >= 0.6 is 0 Å². The first kappa shape index (κ1) is 14.4. The van der Waals surface area contributed by atoms with E-state index in [1.807, 2.05) is 13.8 Å². The molecule has 3 nitrogen and oxygen atoms in total. The van der Waals surface area contributed by atoms with Crippen LogP contribution < -0.4 is 4.74 Å². The third-order valence-electron chi connectivity index (χ3n) is 2.77. The number of hydrogen-bond donors (Lipinski definition) is 1. The molecule has 0 aliphatic carbocycles. The molecule has 20 heavy (non-hydrogen) atoms. The highest BCUT2D eigenvalue weighted by Gasteiger charge is 2.09. The van der Waals surface area contributed by atoms with Gasteiger partial charge in [0.05, 0.1) is 6.61 Å². The summed E-state index contributed by atoms with van der Waals surface area (Å²) in [5.74, 6) is -1.36. The summed E-state index contributed by atoms with van der Waals surface area (Å²) >= 11 is 0. The lowest BCUT2D eigenvalue weighted by Crippen LogP contribution is -1.99. The van der Waals surface area contributed by atoms with Gasteiger partial charge in [-0.2, -0.15) is 0 Å². The Bertz CT molecular complexity index is 615. The molecule has 2 aromatic rings.